The van der Waals surface area contributed by atoms with Crippen molar-refractivity contribution in [1.82, 2.24) is 24.1 Å². The highest BCUT2D eigenvalue weighted by atomic mass is 16.7. The van der Waals surface area contributed by atoms with Crippen LogP contribution in [0.4, 0.5) is 0 Å². The Hall–Kier alpha value is -2.32. The minimum Gasteiger partial charge on any atom is -0.454 e. The van der Waals surface area contributed by atoms with E-state index in [0.717, 1.165) is 75.9 Å². The molecule has 1 aromatic heterocycles. The number of ether oxygens (including phenoxy) is 2. The number of nitrogens with zero attached hydrogens (tertiary/aromatic N) is 5. The van der Waals surface area contributed by atoms with Crippen molar-refractivity contribution in [2.24, 2.45) is 0 Å². The van der Waals surface area contributed by atoms with Crippen molar-refractivity contribution in [3.8, 4) is 11.5 Å². The molecule has 0 spiro atoms. The maximum atomic E-state index is 12.6. The summed E-state index contributed by atoms with van der Waals surface area (Å²) in [5.41, 5.74) is 1.30. The summed E-state index contributed by atoms with van der Waals surface area (Å²) < 4.78 is 14.4. The predicted octanol–water partition coefficient (Wildman–Crippen LogP) is 1.28. The van der Waals surface area contributed by atoms with E-state index in [-0.39, 0.29) is 5.69 Å². The number of rotatable bonds is 4. The van der Waals surface area contributed by atoms with Gasteiger partial charge >= 0.3 is 5.69 Å². The van der Waals surface area contributed by atoms with Crippen LogP contribution < -0.4 is 15.2 Å². The lowest BCUT2D eigenvalue weighted by molar-refractivity contribution is 0.0971. The van der Waals surface area contributed by atoms with Gasteiger partial charge < -0.3 is 9.47 Å². The van der Waals surface area contributed by atoms with Gasteiger partial charge in [0.05, 0.1) is 6.67 Å². The molecule has 8 nitrogen and oxygen atoms in total. The van der Waals surface area contributed by atoms with E-state index in [1.807, 2.05) is 10.6 Å². The van der Waals surface area contributed by atoms with Crippen LogP contribution in [-0.4, -0.2) is 57.1 Å². The minimum absolute atomic E-state index is 0.0553. The highest BCUT2D eigenvalue weighted by Crippen LogP contribution is 2.32. The Morgan fingerprint density at radius 3 is 2.64 bits per heavy atom. The molecule has 8 heteroatoms. The monoisotopic (exact) mass is 385 g/mol. The Morgan fingerprint density at radius 1 is 0.929 bits per heavy atom. The van der Waals surface area contributed by atoms with Crippen LogP contribution in [0.1, 0.15) is 30.7 Å². The van der Waals surface area contributed by atoms with E-state index in [1.165, 1.54) is 12.0 Å². The van der Waals surface area contributed by atoms with E-state index >= 15 is 0 Å². The molecule has 5 rings (SSSR count). The van der Waals surface area contributed by atoms with Crippen molar-refractivity contribution in [3.05, 3.63) is 40.1 Å². The topological polar surface area (TPSA) is 64.8 Å². The molecule has 1 saturated heterocycles. The van der Waals surface area contributed by atoms with Gasteiger partial charge in [0.25, 0.3) is 0 Å². The van der Waals surface area contributed by atoms with Gasteiger partial charge in [-0.2, -0.15) is 9.78 Å². The van der Waals surface area contributed by atoms with E-state index in [2.05, 4.69) is 27.0 Å². The summed E-state index contributed by atoms with van der Waals surface area (Å²) >= 11 is 0. The number of aromatic nitrogens is 3. The lowest BCUT2D eigenvalue weighted by Crippen LogP contribution is -2.47. The van der Waals surface area contributed by atoms with Crippen LogP contribution in [0, 0.1) is 0 Å². The number of benzene rings is 1. The second-order valence-electron chi connectivity index (χ2n) is 7.88. The molecule has 0 saturated carbocycles. The Labute approximate surface area is 164 Å². The molecule has 150 valence electrons. The first-order valence-corrected chi connectivity index (χ1v) is 10.3. The Bertz CT molecular complexity index is 898. The molecule has 0 bridgehead atoms. The zero-order chi connectivity index (χ0) is 18.9. The maximum absolute atomic E-state index is 12.6. The number of fused-ring (bicyclic) bond motifs is 2. The molecule has 0 amide bonds. The average molecular weight is 385 g/mol. The van der Waals surface area contributed by atoms with Crippen LogP contribution in [-0.2, 0) is 26.2 Å². The van der Waals surface area contributed by atoms with Gasteiger partial charge in [-0.05, 0) is 30.5 Å². The van der Waals surface area contributed by atoms with Crippen molar-refractivity contribution in [2.75, 3.05) is 33.0 Å². The average Bonchev–Trinajstić information content (AvgIpc) is 3.20. The Morgan fingerprint density at radius 2 is 1.75 bits per heavy atom. The second-order valence-corrected chi connectivity index (χ2v) is 7.88. The highest BCUT2D eigenvalue weighted by Gasteiger charge is 2.21. The summed E-state index contributed by atoms with van der Waals surface area (Å²) in [6.45, 7) is 6.48. The molecule has 3 aliphatic rings. The number of piperazine rings is 1. The van der Waals surface area contributed by atoms with Crippen molar-refractivity contribution in [2.45, 2.75) is 45.4 Å². The third kappa shape index (κ3) is 3.54. The smallest absolute Gasteiger partial charge is 0.347 e. The van der Waals surface area contributed by atoms with Crippen LogP contribution in [0.3, 0.4) is 0 Å². The van der Waals surface area contributed by atoms with E-state index in [4.69, 9.17) is 9.47 Å². The molecule has 0 unspecified atom stereocenters. The second kappa shape index (κ2) is 7.60. The molecule has 0 aliphatic carbocycles. The third-order valence-electron chi connectivity index (χ3n) is 5.92. The van der Waals surface area contributed by atoms with Crippen LogP contribution in [0.15, 0.2) is 23.0 Å². The number of hydrogen-bond acceptors (Lipinski definition) is 6. The first-order chi connectivity index (χ1) is 13.8. The van der Waals surface area contributed by atoms with E-state index < -0.39 is 0 Å². The van der Waals surface area contributed by atoms with E-state index in [0.29, 0.717) is 13.5 Å². The molecule has 0 radical (unpaired) electrons. The third-order valence-corrected chi connectivity index (χ3v) is 5.92. The summed E-state index contributed by atoms with van der Waals surface area (Å²) in [5, 5.41) is 4.61. The molecule has 1 fully saturated rings. The highest BCUT2D eigenvalue weighted by molar-refractivity contribution is 5.44. The SMILES string of the molecule is O=c1n(CN2CCN(Cc3ccc4c(c3)OCO4)CC2)nc2n1CCCCC2. The normalized spacial score (nSPS) is 20.1. The first-order valence-electron chi connectivity index (χ1n) is 10.3. The molecule has 0 atom stereocenters. The zero-order valence-corrected chi connectivity index (χ0v) is 16.2. The standard InChI is InChI=1S/C20H27N5O3/c26-20-24-7-3-1-2-4-19(24)21-25(20)14-23-10-8-22(9-11-23)13-16-5-6-17-18(12-16)28-15-27-17/h5-6,12H,1-4,7-11,13-15H2. The van der Waals surface area contributed by atoms with Crippen LogP contribution in [0.25, 0.3) is 0 Å². The Balaban J connectivity index is 1.17. The summed E-state index contributed by atoms with van der Waals surface area (Å²) in [7, 11) is 0. The minimum atomic E-state index is 0.0553. The predicted molar refractivity (Wildman–Crippen MR) is 103 cm³/mol. The molecular formula is C20H27N5O3. The number of hydrogen-bond donors (Lipinski definition) is 0. The maximum Gasteiger partial charge on any atom is 0.347 e. The lowest BCUT2D eigenvalue weighted by Gasteiger charge is -2.34. The Kier molecular flexibility index (Phi) is 4.82. The summed E-state index contributed by atoms with van der Waals surface area (Å²) in [6.07, 6.45) is 4.33. The molecule has 2 aromatic rings. The van der Waals surface area contributed by atoms with Crippen LogP contribution in [0.5, 0.6) is 11.5 Å². The summed E-state index contributed by atoms with van der Waals surface area (Å²) in [5.74, 6) is 2.64. The van der Waals surface area contributed by atoms with Crippen LogP contribution >= 0.6 is 0 Å². The van der Waals surface area contributed by atoms with Crippen molar-refractivity contribution >= 4 is 0 Å². The van der Waals surface area contributed by atoms with Crippen molar-refractivity contribution in [3.63, 3.8) is 0 Å². The van der Waals surface area contributed by atoms with Gasteiger partial charge in [-0.25, -0.2) is 4.79 Å². The fourth-order valence-electron chi connectivity index (χ4n) is 4.29. The van der Waals surface area contributed by atoms with Gasteiger partial charge in [0, 0.05) is 45.7 Å². The molecule has 3 aliphatic heterocycles. The molecule has 28 heavy (non-hydrogen) atoms. The summed E-state index contributed by atoms with van der Waals surface area (Å²) in [6, 6.07) is 6.17. The number of aryl methyl sites for hydroxylation is 1. The molecular weight excluding hydrogens is 358 g/mol. The molecule has 0 N–H and O–H groups in total. The van der Waals surface area contributed by atoms with Gasteiger partial charge in [0.15, 0.2) is 11.5 Å². The first kappa shape index (κ1) is 17.8. The lowest BCUT2D eigenvalue weighted by atomic mass is 10.1. The fourth-order valence-corrected chi connectivity index (χ4v) is 4.29. The van der Waals surface area contributed by atoms with Gasteiger partial charge in [-0.3, -0.25) is 14.4 Å². The van der Waals surface area contributed by atoms with Gasteiger partial charge in [-0.1, -0.05) is 12.5 Å². The zero-order valence-electron chi connectivity index (χ0n) is 16.2. The van der Waals surface area contributed by atoms with E-state index in [9.17, 15) is 4.79 Å². The van der Waals surface area contributed by atoms with E-state index in [1.54, 1.807) is 4.68 Å². The van der Waals surface area contributed by atoms with Gasteiger partial charge in [0.1, 0.15) is 5.82 Å². The molecule has 1 aromatic carbocycles. The van der Waals surface area contributed by atoms with Crippen molar-refractivity contribution < 1.29 is 9.47 Å². The molecule has 4 heterocycles. The van der Waals surface area contributed by atoms with Gasteiger partial charge in [-0.15, -0.1) is 0 Å². The largest absolute Gasteiger partial charge is 0.454 e. The fraction of sp³-hybridized carbons (Fsp3) is 0.600. The van der Waals surface area contributed by atoms with Crippen LogP contribution in [0.2, 0.25) is 0 Å². The quantitative estimate of drug-likeness (QED) is 0.790. The summed E-state index contributed by atoms with van der Waals surface area (Å²) in [4.78, 5) is 17.4. The van der Waals surface area contributed by atoms with Gasteiger partial charge in [0.2, 0.25) is 6.79 Å². The van der Waals surface area contributed by atoms with Crippen molar-refractivity contribution in [1.29, 1.82) is 0 Å².